The predicted octanol–water partition coefficient (Wildman–Crippen LogP) is 6.17. The van der Waals surface area contributed by atoms with E-state index in [2.05, 4.69) is 10.4 Å². The Morgan fingerprint density at radius 1 is 1.06 bits per heavy atom. The average Bonchev–Trinajstić information content (AvgIpc) is 3.23. The Balaban J connectivity index is 1.36. The highest BCUT2D eigenvalue weighted by Crippen LogP contribution is 2.24. The zero-order chi connectivity index (χ0) is 23.4. The molecule has 4 aromatic rings. The van der Waals surface area contributed by atoms with E-state index in [1.54, 1.807) is 30.5 Å². The third-order valence-corrected chi connectivity index (χ3v) is 5.64. The average molecular weight is 464 g/mol. The van der Waals surface area contributed by atoms with E-state index >= 15 is 0 Å². The zero-order valence-electron chi connectivity index (χ0n) is 18.3. The second-order valence-electron chi connectivity index (χ2n) is 7.79. The van der Waals surface area contributed by atoms with Gasteiger partial charge in [0.1, 0.15) is 18.2 Å². The molecule has 0 aliphatic carbocycles. The fraction of sp³-hybridized carbons (Fsp3) is 0.154. The lowest BCUT2D eigenvalue weighted by Gasteiger charge is -2.12. The van der Waals surface area contributed by atoms with Crippen molar-refractivity contribution in [2.45, 2.75) is 27.0 Å². The molecule has 0 unspecified atom stereocenters. The molecule has 1 heterocycles. The van der Waals surface area contributed by atoms with Crippen LogP contribution in [0.1, 0.15) is 32.6 Å². The third kappa shape index (κ3) is 5.41. The number of nitrogens with one attached hydrogen (secondary N) is 1. The molecule has 1 amide bonds. The minimum Gasteiger partial charge on any atom is -0.488 e. The molecule has 0 atom stereocenters. The number of rotatable bonds is 7. The third-order valence-electron chi connectivity index (χ3n) is 5.28. The van der Waals surface area contributed by atoms with Crippen LogP contribution in [0, 0.1) is 19.7 Å². The maximum absolute atomic E-state index is 14.0. The predicted molar refractivity (Wildman–Crippen MR) is 127 cm³/mol. The maximum atomic E-state index is 14.0. The largest absolute Gasteiger partial charge is 0.488 e. The smallest absolute Gasteiger partial charge is 0.255 e. The number of aryl methyl sites for hydroxylation is 2. The highest BCUT2D eigenvalue weighted by atomic mass is 35.5. The standard InChI is InChI=1S/C26H23ClFN3O2/c1-17-5-3-6-18(2)25(17)33-16-19-9-11-20(12-10-19)26(32)30-21-13-29-31(14-21)15-22-23(27)7-4-8-24(22)28/h3-14H,15-16H2,1-2H3,(H,30,32). The van der Waals surface area contributed by atoms with Crippen LogP contribution in [0.25, 0.3) is 0 Å². The van der Waals surface area contributed by atoms with Gasteiger partial charge in [-0.25, -0.2) is 4.39 Å². The van der Waals surface area contributed by atoms with Crippen LogP contribution in [0.5, 0.6) is 5.75 Å². The summed E-state index contributed by atoms with van der Waals surface area (Å²) in [5.74, 6) is 0.221. The van der Waals surface area contributed by atoms with Gasteiger partial charge < -0.3 is 10.1 Å². The summed E-state index contributed by atoms with van der Waals surface area (Å²) < 4.78 is 21.5. The SMILES string of the molecule is Cc1cccc(C)c1OCc1ccc(C(=O)Nc2cnn(Cc3c(F)cccc3Cl)c2)cc1. The van der Waals surface area contributed by atoms with E-state index in [9.17, 15) is 9.18 Å². The molecular formula is C26H23ClFN3O2. The number of ether oxygens (including phenoxy) is 1. The molecule has 4 rings (SSSR count). The molecule has 0 fully saturated rings. The summed E-state index contributed by atoms with van der Waals surface area (Å²) in [5.41, 5.74) is 4.50. The maximum Gasteiger partial charge on any atom is 0.255 e. The first-order valence-corrected chi connectivity index (χ1v) is 10.8. The summed E-state index contributed by atoms with van der Waals surface area (Å²) >= 11 is 6.08. The summed E-state index contributed by atoms with van der Waals surface area (Å²) in [4.78, 5) is 12.6. The van der Waals surface area contributed by atoms with Crippen LogP contribution in [-0.4, -0.2) is 15.7 Å². The second kappa shape index (κ2) is 9.88. The second-order valence-corrected chi connectivity index (χ2v) is 8.19. The summed E-state index contributed by atoms with van der Waals surface area (Å²) in [6.07, 6.45) is 3.15. The van der Waals surface area contributed by atoms with Gasteiger partial charge in [-0.2, -0.15) is 5.10 Å². The van der Waals surface area contributed by atoms with Gasteiger partial charge in [0.15, 0.2) is 0 Å². The Morgan fingerprint density at radius 3 is 2.45 bits per heavy atom. The molecule has 33 heavy (non-hydrogen) atoms. The van der Waals surface area contributed by atoms with Crippen molar-refractivity contribution in [2.24, 2.45) is 0 Å². The Hall–Kier alpha value is -3.64. The van der Waals surface area contributed by atoms with Crippen LogP contribution < -0.4 is 10.1 Å². The number of carbonyl (C=O) groups is 1. The summed E-state index contributed by atoms with van der Waals surface area (Å²) in [5, 5.41) is 7.32. The summed E-state index contributed by atoms with van der Waals surface area (Å²) in [6, 6.07) is 17.8. The Bertz CT molecular complexity index is 1240. The molecule has 0 radical (unpaired) electrons. The monoisotopic (exact) mass is 463 g/mol. The Morgan fingerprint density at radius 2 is 1.76 bits per heavy atom. The van der Waals surface area contributed by atoms with Gasteiger partial charge in [-0.15, -0.1) is 0 Å². The van der Waals surface area contributed by atoms with Crippen molar-refractivity contribution in [3.05, 3.63) is 112 Å². The van der Waals surface area contributed by atoms with Crippen LogP contribution in [-0.2, 0) is 13.2 Å². The van der Waals surface area contributed by atoms with Crippen LogP contribution in [0.2, 0.25) is 5.02 Å². The first-order chi connectivity index (χ1) is 15.9. The van der Waals surface area contributed by atoms with E-state index in [1.165, 1.54) is 16.9 Å². The molecule has 0 spiro atoms. The zero-order valence-corrected chi connectivity index (χ0v) is 19.1. The topological polar surface area (TPSA) is 56.1 Å². The number of hydrogen-bond donors (Lipinski definition) is 1. The molecule has 1 aromatic heterocycles. The van der Waals surface area contributed by atoms with E-state index in [-0.39, 0.29) is 12.5 Å². The van der Waals surface area contributed by atoms with Crippen molar-refractivity contribution in [1.82, 2.24) is 9.78 Å². The van der Waals surface area contributed by atoms with Gasteiger partial charge in [0.05, 0.1) is 18.4 Å². The van der Waals surface area contributed by atoms with E-state index in [4.69, 9.17) is 16.3 Å². The molecule has 3 aromatic carbocycles. The fourth-order valence-electron chi connectivity index (χ4n) is 3.50. The normalized spacial score (nSPS) is 10.8. The van der Waals surface area contributed by atoms with Gasteiger partial charge in [0, 0.05) is 22.3 Å². The van der Waals surface area contributed by atoms with E-state index in [0.717, 1.165) is 22.4 Å². The van der Waals surface area contributed by atoms with Gasteiger partial charge >= 0.3 is 0 Å². The van der Waals surface area contributed by atoms with E-state index in [0.29, 0.717) is 28.4 Å². The molecule has 5 nitrogen and oxygen atoms in total. The van der Waals surface area contributed by atoms with Crippen molar-refractivity contribution in [2.75, 3.05) is 5.32 Å². The molecular weight excluding hydrogens is 441 g/mol. The Kier molecular flexibility index (Phi) is 6.75. The molecule has 0 aliphatic rings. The highest BCUT2D eigenvalue weighted by Gasteiger charge is 2.11. The number of para-hydroxylation sites is 1. The van der Waals surface area contributed by atoms with Crippen molar-refractivity contribution < 1.29 is 13.9 Å². The molecule has 0 saturated carbocycles. The van der Waals surface area contributed by atoms with Crippen molar-refractivity contribution in [1.29, 1.82) is 0 Å². The number of anilines is 1. The molecule has 0 aliphatic heterocycles. The van der Waals surface area contributed by atoms with Gasteiger partial charge in [-0.05, 0) is 54.8 Å². The molecule has 0 saturated heterocycles. The van der Waals surface area contributed by atoms with Crippen LogP contribution in [0.3, 0.4) is 0 Å². The van der Waals surface area contributed by atoms with Crippen molar-refractivity contribution >= 4 is 23.2 Å². The number of hydrogen-bond acceptors (Lipinski definition) is 3. The number of aromatic nitrogens is 2. The number of halogens is 2. The van der Waals surface area contributed by atoms with E-state index in [1.807, 2.05) is 44.2 Å². The quantitative estimate of drug-likeness (QED) is 0.356. The van der Waals surface area contributed by atoms with Crippen LogP contribution in [0.15, 0.2) is 73.1 Å². The fourth-order valence-corrected chi connectivity index (χ4v) is 3.72. The van der Waals surface area contributed by atoms with Crippen LogP contribution >= 0.6 is 11.6 Å². The summed E-state index contributed by atoms with van der Waals surface area (Å²) in [6.45, 7) is 4.61. The first kappa shape index (κ1) is 22.6. The van der Waals surface area contributed by atoms with Gasteiger partial charge in [0.25, 0.3) is 5.91 Å². The minimum atomic E-state index is -0.398. The molecule has 168 valence electrons. The lowest BCUT2D eigenvalue weighted by molar-refractivity contribution is 0.102. The van der Waals surface area contributed by atoms with Crippen molar-refractivity contribution in [3.63, 3.8) is 0 Å². The van der Waals surface area contributed by atoms with Gasteiger partial charge in [0.2, 0.25) is 0 Å². The van der Waals surface area contributed by atoms with Crippen molar-refractivity contribution in [3.8, 4) is 5.75 Å². The van der Waals surface area contributed by atoms with Gasteiger partial charge in [-0.1, -0.05) is 48.0 Å². The highest BCUT2D eigenvalue weighted by molar-refractivity contribution is 6.31. The van der Waals surface area contributed by atoms with Gasteiger partial charge in [-0.3, -0.25) is 9.48 Å². The number of benzene rings is 3. The first-order valence-electron chi connectivity index (χ1n) is 10.5. The Labute approximate surface area is 196 Å². The number of amides is 1. The summed E-state index contributed by atoms with van der Waals surface area (Å²) in [7, 11) is 0. The number of carbonyl (C=O) groups excluding carboxylic acids is 1. The lowest BCUT2D eigenvalue weighted by Crippen LogP contribution is -2.11. The van der Waals surface area contributed by atoms with Crippen LogP contribution in [0.4, 0.5) is 10.1 Å². The lowest BCUT2D eigenvalue weighted by atomic mass is 10.1. The molecule has 1 N–H and O–H groups in total. The minimum absolute atomic E-state index is 0.163. The molecule has 0 bridgehead atoms. The van der Waals surface area contributed by atoms with E-state index < -0.39 is 5.82 Å². The molecule has 7 heteroatoms. The number of nitrogens with zero attached hydrogens (tertiary/aromatic N) is 2.